The maximum Gasteiger partial charge on any atom is 0.275 e. The largest absolute Gasteiger partial charge is 0.454 e. The summed E-state index contributed by atoms with van der Waals surface area (Å²) >= 11 is 0. The molecule has 0 spiro atoms. The molecule has 0 unspecified atom stereocenters. The van der Waals surface area contributed by atoms with Gasteiger partial charge in [-0.15, -0.1) is 0 Å². The van der Waals surface area contributed by atoms with Crippen molar-refractivity contribution in [3.05, 3.63) is 128 Å². The first kappa shape index (κ1) is 23.7. The van der Waals surface area contributed by atoms with Gasteiger partial charge in [-0.25, -0.2) is 9.36 Å². The number of nitrogens with zero attached hydrogens (tertiary/aromatic N) is 4. The molecule has 0 atom stereocenters. The van der Waals surface area contributed by atoms with Gasteiger partial charge in [0.2, 0.25) is 6.79 Å². The van der Waals surface area contributed by atoms with Crippen molar-refractivity contribution in [3.8, 4) is 22.9 Å². The highest BCUT2D eigenvalue weighted by Gasteiger charge is 2.33. The minimum Gasteiger partial charge on any atom is -0.454 e. The third kappa shape index (κ3) is 3.52. The standard InChI is InChI=1S/C30H28N4O4/c1-19-26(29(35)33(31(19)3)22-11-7-5-8-12-22)28(21-15-16-24-25(17-21)38-18-37-24)27-20(2)32(4)34(30(27)36)23-13-9-6-10-14-23/h5-17,28H,18H2,1-4H3. The Labute approximate surface area is 219 Å². The summed E-state index contributed by atoms with van der Waals surface area (Å²) in [4.78, 5) is 28.4. The summed E-state index contributed by atoms with van der Waals surface area (Å²) in [6.07, 6.45) is 0. The van der Waals surface area contributed by atoms with Crippen LogP contribution in [-0.4, -0.2) is 25.5 Å². The predicted molar refractivity (Wildman–Crippen MR) is 145 cm³/mol. The molecule has 3 heterocycles. The lowest BCUT2D eigenvalue weighted by Gasteiger charge is -2.17. The van der Waals surface area contributed by atoms with Gasteiger partial charge in [0.15, 0.2) is 11.5 Å². The first-order valence-electron chi connectivity index (χ1n) is 12.5. The zero-order valence-electron chi connectivity index (χ0n) is 21.7. The van der Waals surface area contributed by atoms with Crippen LogP contribution < -0.4 is 20.6 Å². The van der Waals surface area contributed by atoms with Crippen molar-refractivity contribution in [2.45, 2.75) is 19.8 Å². The highest BCUT2D eigenvalue weighted by Crippen LogP contribution is 2.39. The van der Waals surface area contributed by atoms with Gasteiger partial charge in [0.1, 0.15) is 0 Å². The third-order valence-electron chi connectivity index (χ3n) is 7.50. The normalized spacial score (nSPS) is 12.4. The van der Waals surface area contributed by atoms with Crippen LogP contribution in [0, 0.1) is 13.8 Å². The average Bonchev–Trinajstić information content (AvgIpc) is 3.55. The molecule has 0 radical (unpaired) electrons. The monoisotopic (exact) mass is 508 g/mol. The second kappa shape index (κ2) is 8.99. The van der Waals surface area contributed by atoms with Gasteiger partial charge in [0.05, 0.1) is 22.5 Å². The number of rotatable bonds is 5. The molecule has 1 aliphatic rings. The lowest BCUT2D eigenvalue weighted by molar-refractivity contribution is 0.174. The van der Waals surface area contributed by atoms with E-state index in [2.05, 4.69) is 0 Å². The zero-order chi connectivity index (χ0) is 26.6. The van der Waals surface area contributed by atoms with Crippen molar-refractivity contribution >= 4 is 0 Å². The highest BCUT2D eigenvalue weighted by atomic mass is 16.7. The van der Waals surface area contributed by atoms with Crippen molar-refractivity contribution in [1.29, 1.82) is 0 Å². The fraction of sp³-hybridized carbons (Fsp3) is 0.200. The van der Waals surface area contributed by atoms with Gasteiger partial charge in [-0.2, -0.15) is 0 Å². The second-order valence-corrected chi connectivity index (χ2v) is 9.50. The van der Waals surface area contributed by atoms with Gasteiger partial charge in [-0.05, 0) is 55.8 Å². The van der Waals surface area contributed by atoms with Gasteiger partial charge in [-0.3, -0.25) is 19.0 Å². The molecule has 0 bridgehead atoms. The van der Waals surface area contributed by atoms with Crippen molar-refractivity contribution in [1.82, 2.24) is 18.7 Å². The SMILES string of the molecule is Cc1c(C(c2ccc3c(c2)OCO3)c2c(C)n(C)n(-c3ccccc3)c2=O)c(=O)n(-c2ccccc2)n1C. The number of hydrogen-bond acceptors (Lipinski definition) is 4. The minimum absolute atomic E-state index is 0.139. The summed E-state index contributed by atoms with van der Waals surface area (Å²) in [7, 11) is 3.73. The first-order valence-corrected chi connectivity index (χ1v) is 12.5. The maximum atomic E-state index is 14.2. The van der Waals surface area contributed by atoms with Crippen LogP contribution in [0.15, 0.2) is 88.5 Å². The van der Waals surface area contributed by atoms with Crippen LogP contribution >= 0.6 is 0 Å². The van der Waals surface area contributed by atoms with Gasteiger partial charge >= 0.3 is 0 Å². The molecule has 2 aromatic heterocycles. The Morgan fingerprint density at radius 1 is 0.658 bits per heavy atom. The summed E-state index contributed by atoms with van der Waals surface area (Å²) < 4.78 is 18.2. The van der Waals surface area contributed by atoms with E-state index < -0.39 is 5.92 Å². The summed E-state index contributed by atoms with van der Waals surface area (Å²) in [5, 5.41) is 0. The van der Waals surface area contributed by atoms with Gasteiger partial charge in [-0.1, -0.05) is 42.5 Å². The molecule has 0 saturated heterocycles. The molecular weight excluding hydrogens is 480 g/mol. The number of aromatic nitrogens is 4. The Morgan fingerprint density at radius 3 is 1.63 bits per heavy atom. The Kier molecular flexibility index (Phi) is 5.60. The Bertz CT molecular complexity index is 1670. The molecule has 6 rings (SSSR count). The van der Waals surface area contributed by atoms with Gasteiger partial charge in [0.25, 0.3) is 11.1 Å². The van der Waals surface area contributed by atoms with Crippen LogP contribution in [-0.2, 0) is 14.1 Å². The second-order valence-electron chi connectivity index (χ2n) is 9.50. The molecule has 8 nitrogen and oxygen atoms in total. The molecule has 192 valence electrons. The summed E-state index contributed by atoms with van der Waals surface area (Å²) in [5.74, 6) is 0.615. The zero-order valence-corrected chi connectivity index (χ0v) is 21.7. The topological polar surface area (TPSA) is 72.3 Å². The molecule has 3 aromatic carbocycles. The van der Waals surface area contributed by atoms with Crippen LogP contribution in [0.1, 0.15) is 34.0 Å². The smallest absolute Gasteiger partial charge is 0.275 e. The van der Waals surface area contributed by atoms with Crippen LogP contribution in [0.4, 0.5) is 0 Å². The maximum absolute atomic E-state index is 14.2. The van der Waals surface area contributed by atoms with E-state index in [0.717, 1.165) is 28.3 Å². The number of fused-ring (bicyclic) bond motifs is 1. The summed E-state index contributed by atoms with van der Waals surface area (Å²) in [5.41, 5.74) is 4.58. The van der Waals surface area contributed by atoms with E-state index in [-0.39, 0.29) is 17.9 Å². The van der Waals surface area contributed by atoms with E-state index in [4.69, 9.17) is 9.47 Å². The van der Waals surface area contributed by atoms with Crippen LogP contribution in [0.25, 0.3) is 11.4 Å². The van der Waals surface area contributed by atoms with E-state index in [1.807, 2.05) is 116 Å². The van der Waals surface area contributed by atoms with Gasteiger partial charge in [0, 0.05) is 31.4 Å². The van der Waals surface area contributed by atoms with E-state index in [0.29, 0.717) is 22.6 Å². The Balaban J connectivity index is 1.66. The minimum atomic E-state index is -0.628. The lowest BCUT2D eigenvalue weighted by Crippen LogP contribution is -2.26. The Morgan fingerprint density at radius 2 is 1.13 bits per heavy atom. The molecule has 5 aromatic rings. The first-order chi connectivity index (χ1) is 18.4. The van der Waals surface area contributed by atoms with Crippen molar-refractivity contribution in [2.24, 2.45) is 14.1 Å². The third-order valence-corrected chi connectivity index (χ3v) is 7.50. The quantitative estimate of drug-likeness (QED) is 0.357. The highest BCUT2D eigenvalue weighted by molar-refractivity contribution is 5.53. The average molecular weight is 509 g/mol. The fourth-order valence-corrected chi connectivity index (χ4v) is 5.41. The van der Waals surface area contributed by atoms with Crippen molar-refractivity contribution < 1.29 is 9.47 Å². The van der Waals surface area contributed by atoms with Crippen LogP contribution in [0.2, 0.25) is 0 Å². The summed E-state index contributed by atoms with van der Waals surface area (Å²) in [6.45, 7) is 3.98. The number of para-hydroxylation sites is 2. The molecule has 0 N–H and O–H groups in total. The molecule has 0 saturated carbocycles. The number of hydrogen-bond donors (Lipinski definition) is 0. The van der Waals surface area contributed by atoms with Crippen molar-refractivity contribution in [2.75, 3.05) is 6.79 Å². The molecule has 8 heteroatoms. The van der Waals surface area contributed by atoms with Crippen LogP contribution in [0.5, 0.6) is 11.5 Å². The van der Waals surface area contributed by atoms with E-state index >= 15 is 0 Å². The lowest BCUT2D eigenvalue weighted by atomic mass is 9.85. The number of benzene rings is 3. The van der Waals surface area contributed by atoms with Gasteiger partial charge < -0.3 is 9.47 Å². The van der Waals surface area contributed by atoms with E-state index in [9.17, 15) is 9.59 Å². The van der Waals surface area contributed by atoms with Crippen LogP contribution in [0.3, 0.4) is 0 Å². The number of ether oxygens (including phenoxy) is 2. The molecule has 1 aliphatic heterocycles. The van der Waals surface area contributed by atoms with Crippen molar-refractivity contribution in [3.63, 3.8) is 0 Å². The molecule has 0 amide bonds. The molecule has 0 aliphatic carbocycles. The summed E-state index contributed by atoms with van der Waals surface area (Å²) in [6, 6.07) is 24.7. The predicted octanol–water partition coefficient (Wildman–Crippen LogP) is 4.19. The molecular formula is C30H28N4O4. The Hall–Kier alpha value is -4.72. The fourth-order valence-electron chi connectivity index (χ4n) is 5.41. The van der Waals surface area contributed by atoms with E-state index in [1.165, 1.54) is 0 Å². The van der Waals surface area contributed by atoms with E-state index in [1.54, 1.807) is 9.36 Å². The molecule has 38 heavy (non-hydrogen) atoms. The molecule has 0 fully saturated rings.